The molecule has 28 heavy (non-hydrogen) atoms. The molecule has 1 aromatic rings. The molecule has 4 aliphatic heterocycles. The molecular formula is C22H28O6. The van der Waals surface area contributed by atoms with Crippen LogP contribution in [0.15, 0.2) is 30.3 Å². The summed E-state index contributed by atoms with van der Waals surface area (Å²) in [5, 5.41) is 0. The summed E-state index contributed by atoms with van der Waals surface area (Å²) in [5.74, 6) is -0.0970. The van der Waals surface area contributed by atoms with E-state index < -0.39 is 0 Å². The predicted molar refractivity (Wildman–Crippen MR) is 99.5 cm³/mol. The van der Waals surface area contributed by atoms with Crippen molar-refractivity contribution in [3.63, 3.8) is 0 Å². The third-order valence-electron chi connectivity index (χ3n) is 6.35. The normalized spacial score (nSPS) is 41.3. The molecule has 6 heteroatoms. The summed E-state index contributed by atoms with van der Waals surface area (Å²) in [6.45, 7) is 0.523. The number of ether oxygens (including phenoxy) is 5. The van der Waals surface area contributed by atoms with Gasteiger partial charge in [-0.2, -0.15) is 0 Å². The first-order valence-electron chi connectivity index (χ1n) is 10.6. The molecule has 7 atom stereocenters. The molecule has 0 aliphatic carbocycles. The molecule has 0 amide bonds. The van der Waals surface area contributed by atoms with Crippen molar-refractivity contribution in [2.75, 3.05) is 6.61 Å². The van der Waals surface area contributed by atoms with Gasteiger partial charge in [0.25, 0.3) is 0 Å². The fraction of sp³-hybridized carbons (Fsp3) is 0.682. The number of carbonyl (C=O) groups excluding carboxylic acids is 1. The van der Waals surface area contributed by atoms with Crippen molar-refractivity contribution in [3.8, 4) is 0 Å². The predicted octanol–water partition coefficient (Wildman–Crippen LogP) is 3.29. The number of hydrogen-bond acceptors (Lipinski definition) is 6. The lowest BCUT2D eigenvalue weighted by atomic mass is 10.0. The summed E-state index contributed by atoms with van der Waals surface area (Å²) in [6.07, 6.45) is 5.09. The highest BCUT2D eigenvalue weighted by Gasteiger charge is 2.44. The Kier molecular flexibility index (Phi) is 5.37. The maximum atomic E-state index is 11.8. The zero-order valence-electron chi connectivity index (χ0n) is 16.0. The third kappa shape index (κ3) is 3.83. The Morgan fingerprint density at radius 3 is 2.14 bits per heavy atom. The van der Waals surface area contributed by atoms with Crippen LogP contribution >= 0.6 is 0 Å². The number of esters is 1. The molecule has 0 saturated carbocycles. The minimum absolute atomic E-state index is 0.00102. The van der Waals surface area contributed by atoms with Crippen LogP contribution in [-0.4, -0.2) is 49.2 Å². The first kappa shape index (κ1) is 18.6. The molecule has 0 aromatic heterocycles. The van der Waals surface area contributed by atoms with E-state index in [0.29, 0.717) is 13.0 Å². The minimum Gasteiger partial charge on any atom is -0.460 e. The average molecular weight is 388 g/mol. The highest BCUT2D eigenvalue weighted by molar-refractivity contribution is 5.69. The fourth-order valence-corrected chi connectivity index (χ4v) is 4.87. The Morgan fingerprint density at radius 1 is 0.714 bits per heavy atom. The second-order valence-electron chi connectivity index (χ2n) is 8.25. The topological polar surface area (TPSA) is 63.2 Å². The lowest BCUT2D eigenvalue weighted by molar-refractivity contribution is -0.271. The lowest BCUT2D eigenvalue weighted by Crippen LogP contribution is -2.43. The van der Waals surface area contributed by atoms with Gasteiger partial charge in [-0.25, -0.2) is 0 Å². The van der Waals surface area contributed by atoms with E-state index in [1.807, 2.05) is 30.3 Å². The summed E-state index contributed by atoms with van der Waals surface area (Å²) in [5.41, 5.74) is 1.04. The molecule has 4 aliphatic rings. The van der Waals surface area contributed by atoms with Crippen LogP contribution in [0, 0.1) is 0 Å². The zero-order valence-corrected chi connectivity index (χ0v) is 16.0. The van der Waals surface area contributed by atoms with Gasteiger partial charge in [0.1, 0.15) is 12.2 Å². The zero-order chi connectivity index (χ0) is 18.9. The second kappa shape index (κ2) is 8.11. The molecule has 152 valence electrons. The maximum absolute atomic E-state index is 11.8. The van der Waals surface area contributed by atoms with E-state index >= 15 is 0 Å². The number of benzene rings is 1. The quantitative estimate of drug-likeness (QED) is 0.688. The van der Waals surface area contributed by atoms with Crippen LogP contribution in [0.2, 0.25) is 0 Å². The van der Waals surface area contributed by atoms with Gasteiger partial charge in [0.15, 0.2) is 6.29 Å². The van der Waals surface area contributed by atoms with Crippen molar-refractivity contribution >= 4 is 5.97 Å². The Labute approximate surface area is 165 Å². The Bertz CT molecular complexity index is 679. The van der Waals surface area contributed by atoms with Crippen LogP contribution in [0.4, 0.5) is 0 Å². The van der Waals surface area contributed by atoms with Crippen LogP contribution in [0.5, 0.6) is 0 Å². The Balaban J connectivity index is 1.27. The molecule has 0 unspecified atom stereocenters. The number of fused-ring (bicyclic) bond motifs is 3. The smallest absolute Gasteiger partial charge is 0.306 e. The van der Waals surface area contributed by atoms with E-state index in [4.69, 9.17) is 23.7 Å². The van der Waals surface area contributed by atoms with E-state index in [2.05, 4.69) is 0 Å². The summed E-state index contributed by atoms with van der Waals surface area (Å²) in [4.78, 5) is 11.8. The van der Waals surface area contributed by atoms with Gasteiger partial charge in [-0.1, -0.05) is 30.3 Å². The highest BCUT2D eigenvalue weighted by atomic mass is 16.7. The van der Waals surface area contributed by atoms with Crippen LogP contribution < -0.4 is 0 Å². The summed E-state index contributed by atoms with van der Waals surface area (Å²) < 4.78 is 30.7. The Hall–Kier alpha value is -1.47. The molecule has 4 saturated heterocycles. The van der Waals surface area contributed by atoms with E-state index in [1.165, 1.54) is 0 Å². The van der Waals surface area contributed by atoms with E-state index in [-0.39, 0.29) is 48.9 Å². The number of rotatable bonds is 1. The Morgan fingerprint density at radius 2 is 1.36 bits per heavy atom. The number of hydrogen-bond donors (Lipinski definition) is 0. The molecule has 0 N–H and O–H groups in total. The van der Waals surface area contributed by atoms with Gasteiger partial charge in [-0.3, -0.25) is 4.79 Å². The first-order chi connectivity index (χ1) is 13.8. The van der Waals surface area contributed by atoms with Crippen molar-refractivity contribution in [1.82, 2.24) is 0 Å². The van der Waals surface area contributed by atoms with E-state index in [0.717, 1.165) is 44.1 Å². The SMILES string of the molecule is O=C1CCC[C@@H]2O[C@@H]3CC[C@@H]4O[C@H](c5ccccc5)OC[C@H]4O[C@H]3CC[C@H]2O1. The first-order valence-corrected chi connectivity index (χ1v) is 10.6. The van der Waals surface area contributed by atoms with E-state index in [9.17, 15) is 4.79 Å². The van der Waals surface area contributed by atoms with E-state index in [1.54, 1.807) is 0 Å². The molecule has 6 nitrogen and oxygen atoms in total. The second-order valence-corrected chi connectivity index (χ2v) is 8.25. The minimum atomic E-state index is -0.333. The van der Waals surface area contributed by atoms with Gasteiger partial charge in [-0.15, -0.1) is 0 Å². The van der Waals surface area contributed by atoms with Gasteiger partial charge in [0.2, 0.25) is 0 Å². The van der Waals surface area contributed by atoms with Crippen molar-refractivity contribution in [1.29, 1.82) is 0 Å². The molecule has 1 aromatic carbocycles. The van der Waals surface area contributed by atoms with Gasteiger partial charge < -0.3 is 23.7 Å². The summed E-state index contributed by atoms with van der Waals surface area (Å²) >= 11 is 0. The monoisotopic (exact) mass is 388 g/mol. The molecule has 4 fully saturated rings. The summed E-state index contributed by atoms with van der Waals surface area (Å²) in [6, 6.07) is 10.1. The van der Waals surface area contributed by atoms with Crippen molar-refractivity contribution < 1.29 is 28.5 Å². The van der Waals surface area contributed by atoms with Crippen LogP contribution in [0.3, 0.4) is 0 Å². The molecule has 4 heterocycles. The number of carbonyl (C=O) groups is 1. The maximum Gasteiger partial charge on any atom is 0.306 e. The van der Waals surface area contributed by atoms with Gasteiger partial charge in [0, 0.05) is 12.0 Å². The van der Waals surface area contributed by atoms with Gasteiger partial charge in [0.05, 0.1) is 31.0 Å². The lowest BCUT2D eigenvalue weighted by Gasteiger charge is -2.36. The standard InChI is InChI=1S/C22H28O6/c23-21-8-4-7-15-18(27-21)11-9-17-16(25-15)10-12-19-20(26-17)13-24-22(28-19)14-5-2-1-3-6-14/h1-3,5-6,15-20,22H,4,7-13H2/t15-,16+,17-,18+,19-,20+,22+/m0/s1. The van der Waals surface area contributed by atoms with Crippen LogP contribution in [0.1, 0.15) is 56.8 Å². The highest BCUT2D eigenvalue weighted by Crippen LogP contribution is 2.37. The largest absolute Gasteiger partial charge is 0.460 e. The summed E-state index contributed by atoms with van der Waals surface area (Å²) in [7, 11) is 0. The van der Waals surface area contributed by atoms with Crippen molar-refractivity contribution in [2.45, 2.75) is 87.9 Å². The molecule has 0 bridgehead atoms. The molecule has 5 rings (SSSR count). The molecular weight excluding hydrogens is 360 g/mol. The van der Waals surface area contributed by atoms with Crippen molar-refractivity contribution in [2.24, 2.45) is 0 Å². The van der Waals surface area contributed by atoms with Crippen LogP contribution in [0.25, 0.3) is 0 Å². The fourth-order valence-electron chi connectivity index (χ4n) is 4.87. The average Bonchev–Trinajstić information content (AvgIpc) is 3.07. The third-order valence-corrected chi connectivity index (χ3v) is 6.35. The van der Waals surface area contributed by atoms with Gasteiger partial charge >= 0.3 is 5.97 Å². The van der Waals surface area contributed by atoms with Crippen LogP contribution in [-0.2, 0) is 28.5 Å². The van der Waals surface area contributed by atoms with Crippen molar-refractivity contribution in [3.05, 3.63) is 35.9 Å². The molecule has 0 radical (unpaired) electrons. The van der Waals surface area contributed by atoms with Gasteiger partial charge in [-0.05, 0) is 38.5 Å². The molecule has 0 spiro atoms.